The van der Waals surface area contributed by atoms with Gasteiger partial charge in [-0.2, -0.15) is 13.2 Å². The van der Waals surface area contributed by atoms with Gasteiger partial charge in [-0.15, -0.1) is 0 Å². The maximum atomic E-state index is 14.1. The molecule has 1 aliphatic heterocycles. The van der Waals surface area contributed by atoms with E-state index in [0.29, 0.717) is 12.8 Å². The molecule has 6 nitrogen and oxygen atoms in total. The number of benzene rings is 2. The fourth-order valence-electron chi connectivity index (χ4n) is 6.40. The first-order valence-electron chi connectivity index (χ1n) is 13.8. The molecule has 9 heteroatoms. The zero-order valence-electron chi connectivity index (χ0n) is 23.4. The minimum atomic E-state index is -4.55. The third-order valence-corrected chi connectivity index (χ3v) is 8.25. The van der Waals surface area contributed by atoms with E-state index in [-0.39, 0.29) is 29.7 Å². The van der Waals surface area contributed by atoms with Crippen molar-refractivity contribution in [2.45, 2.75) is 83.8 Å². The summed E-state index contributed by atoms with van der Waals surface area (Å²) in [7, 11) is 1.37. The maximum absolute atomic E-state index is 14.1. The first-order chi connectivity index (χ1) is 18.8. The van der Waals surface area contributed by atoms with Gasteiger partial charge in [-0.3, -0.25) is 4.79 Å². The van der Waals surface area contributed by atoms with Crippen molar-refractivity contribution in [3.63, 3.8) is 0 Å². The molecule has 0 aromatic heterocycles. The Kier molecular flexibility index (Phi) is 8.83. The van der Waals surface area contributed by atoms with E-state index in [4.69, 9.17) is 9.47 Å². The predicted molar refractivity (Wildman–Crippen MR) is 144 cm³/mol. The van der Waals surface area contributed by atoms with Gasteiger partial charge in [0.1, 0.15) is 11.8 Å². The molecule has 2 fully saturated rings. The van der Waals surface area contributed by atoms with Crippen molar-refractivity contribution in [1.29, 1.82) is 0 Å². The van der Waals surface area contributed by atoms with E-state index < -0.39 is 47.2 Å². The summed E-state index contributed by atoms with van der Waals surface area (Å²) in [5, 5.41) is 10.5. The molecule has 218 valence electrons. The number of carboxylic acid groups (broad SMARTS) is 1. The number of hydrogen-bond donors (Lipinski definition) is 1. The molecule has 1 N–H and O–H groups in total. The summed E-state index contributed by atoms with van der Waals surface area (Å²) in [4.78, 5) is 28.5. The molecule has 2 aliphatic rings. The van der Waals surface area contributed by atoms with Crippen molar-refractivity contribution >= 4 is 11.9 Å². The molecular weight excluding hydrogens is 523 g/mol. The van der Waals surface area contributed by atoms with Crippen molar-refractivity contribution < 1.29 is 37.3 Å². The molecule has 2 aromatic carbocycles. The predicted octanol–water partition coefficient (Wildman–Crippen LogP) is 6.88. The molecule has 40 heavy (non-hydrogen) atoms. The van der Waals surface area contributed by atoms with Gasteiger partial charge in [0, 0.05) is 17.4 Å². The molecule has 4 atom stereocenters. The summed E-state index contributed by atoms with van der Waals surface area (Å²) in [6.07, 6.45) is -1.07. The van der Waals surface area contributed by atoms with Crippen LogP contribution in [0.3, 0.4) is 0 Å². The third kappa shape index (κ3) is 6.14. The van der Waals surface area contributed by atoms with Crippen LogP contribution in [0.15, 0.2) is 48.5 Å². The normalized spacial score (nSPS) is 24.2. The molecule has 1 aliphatic carbocycles. The van der Waals surface area contributed by atoms with Crippen LogP contribution in [-0.4, -0.2) is 41.1 Å². The summed E-state index contributed by atoms with van der Waals surface area (Å²) in [5.41, 5.74) is -0.519. The Bertz CT molecular complexity index is 1190. The Morgan fingerprint density at radius 2 is 1.65 bits per heavy atom. The average Bonchev–Trinajstić information content (AvgIpc) is 3.28. The third-order valence-electron chi connectivity index (χ3n) is 8.25. The number of aliphatic carboxylic acids is 1. The highest BCUT2D eigenvalue weighted by Crippen LogP contribution is 2.51. The van der Waals surface area contributed by atoms with Crippen molar-refractivity contribution in [1.82, 2.24) is 4.90 Å². The number of halogens is 3. The lowest BCUT2D eigenvalue weighted by molar-refractivity contribution is -0.154. The molecular formula is C31H38F3NO5. The van der Waals surface area contributed by atoms with Crippen LogP contribution in [0.25, 0.3) is 0 Å². The first-order valence-corrected chi connectivity index (χ1v) is 13.8. The Morgan fingerprint density at radius 1 is 1.00 bits per heavy atom. The van der Waals surface area contributed by atoms with Gasteiger partial charge in [-0.1, -0.05) is 70.4 Å². The molecule has 1 heterocycles. The monoisotopic (exact) mass is 561 g/mol. The van der Waals surface area contributed by atoms with E-state index >= 15 is 0 Å². The number of amides is 1. The van der Waals surface area contributed by atoms with Gasteiger partial charge < -0.3 is 19.5 Å². The van der Waals surface area contributed by atoms with Crippen LogP contribution in [0.5, 0.6) is 5.75 Å². The summed E-state index contributed by atoms with van der Waals surface area (Å²) in [5.74, 6) is -1.99. The van der Waals surface area contributed by atoms with Crippen molar-refractivity contribution in [3.05, 3.63) is 65.2 Å². The number of carboxylic acids is 1. The van der Waals surface area contributed by atoms with Gasteiger partial charge >= 0.3 is 12.1 Å². The minimum absolute atomic E-state index is 0.195. The minimum Gasteiger partial charge on any atom is -0.496 e. The van der Waals surface area contributed by atoms with Gasteiger partial charge in [0.05, 0.1) is 31.4 Å². The molecule has 0 radical (unpaired) electrons. The fraction of sp³-hybridized carbons (Fsp3) is 0.548. The molecule has 2 aromatic rings. The Hall–Kier alpha value is -3.07. The molecule has 1 amide bonds. The number of hydrogen-bond acceptors (Lipinski definition) is 4. The smallest absolute Gasteiger partial charge is 0.416 e. The van der Waals surface area contributed by atoms with Crippen LogP contribution in [-0.2, 0) is 27.1 Å². The number of ether oxygens (including phenoxy) is 2. The Balaban J connectivity index is 1.81. The van der Waals surface area contributed by atoms with Crippen LogP contribution in [0.4, 0.5) is 13.2 Å². The number of carbonyl (C=O) groups excluding carboxylic acids is 1. The van der Waals surface area contributed by atoms with Gasteiger partial charge in [-0.05, 0) is 42.0 Å². The maximum Gasteiger partial charge on any atom is 0.416 e. The summed E-state index contributed by atoms with van der Waals surface area (Å²) >= 11 is 0. The largest absolute Gasteiger partial charge is 0.496 e. The number of methoxy groups -OCH3 is 1. The number of nitrogens with zero attached hydrogens (tertiary/aromatic N) is 1. The van der Waals surface area contributed by atoms with Gasteiger partial charge in [0.2, 0.25) is 5.91 Å². The number of carbonyl (C=O) groups is 2. The molecule has 0 bridgehead atoms. The number of alkyl halides is 3. The highest BCUT2D eigenvalue weighted by molar-refractivity contribution is 5.87. The van der Waals surface area contributed by atoms with Crippen LogP contribution in [0.2, 0.25) is 0 Å². The lowest BCUT2D eigenvalue weighted by atomic mass is 9.73. The quantitative estimate of drug-likeness (QED) is 0.399. The summed E-state index contributed by atoms with van der Waals surface area (Å²) in [6.45, 7) is 5.48. The average molecular weight is 562 g/mol. The van der Waals surface area contributed by atoms with Crippen molar-refractivity contribution in [3.8, 4) is 5.75 Å². The fourth-order valence-corrected chi connectivity index (χ4v) is 6.40. The van der Waals surface area contributed by atoms with Crippen LogP contribution < -0.4 is 4.74 Å². The number of rotatable bonds is 7. The summed E-state index contributed by atoms with van der Waals surface area (Å²) in [6, 6.07) is 10.5. The molecule has 0 spiro atoms. The highest BCUT2D eigenvalue weighted by atomic mass is 19.4. The van der Waals surface area contributed by atoms with E-state index in [1.165, 1.54) is 18.1 Å². The van der Waals surface area contributed by atoms with Gasteiger partial charge in [0.25, 0.3) is 0 Å². The van der Waals surface area contributed by atoms with Gasteiger partial charge in [-0.25, -0.2) is 4.79 Å². The topological polar surface area (TPSA) is 76.1 Å². The van der Waals surface area contributed by atoms with Crippen LogP contribution in [0, 0.1) is 17.3 Å². The second kappa shape index (κ2) is 11.8. The molecule has 1 saturated carbocycles. The van der Waals surface area contributed by atoms with E-state index in [2.05, 4.69) is 0 Å². The molecule has 0 unspecified atom stereocenters. The van der Waals surface area contributed by atoms with Crippen LogP contribution in [0.1, 0.15) is 75.6 Å². The lowest BCUT2D eigenvalue weighted by Gasteiger charge is -2.35. The summed E-state index contributed by atoms with van der Waals surface area (Å²) < 4.78 is 52.3. The Morgan fingerprint density at radius 3 is 2.20 bits per heavy atom. The molecule has 4 rings (SSSR count). The van der Waals surface area contributed by atoms with E-state index in [1.807, 2.05) is 51.1 Å². The van der Waals surface area contributed by atoms with Crippen LogP contribution >= 0.6 is 0 Å². The van der Waals surface area contributed by atoms with E-state index in [1.54, 1.807) is 0 Å². The lowest BCUT2D eigenvalue weighted by Crippen LogP contribution is -2.49. The van der Waals surface area contributed by atoms with E-state index in [0.717, 1.165) is 37.0 Å². The van der Waals surface area contributed by atoms with E-state index in [9.17, 15) is 27.9 Å². The standard InChI is InChI=1S/C31H38F3NO5/c1-30(2,3)24-26(29(37)38)35(28(36)20-13-9-6-10-14-20)25(19-11-7-5-8-12-19)27(24)40-18-21-17-22(31(32,33)34)15-16-23(21)39-4/h5,7-8,11-12,15-17,20,24-27H,6,9-10,13-14,18H2,1-4H3,(H,37,38)/t24-,25+,26+,27+/m0/s1. The number of likely N-dealkylation sites (tertiary alicyclic amines) is 1. The van der Waals surface area contributed by atoms with Gasteiger partial charge in [0.15, 0.2) is 0 Å². The second-order valence-electron chi connectivity index (χ2n) is 11.9. The SMILES string of the molecule is COc1ccc(C(F)(F)F)cc1CO[C@@H]1[C@@H](C(C)(C)C)[C@H](C(=O)O)N(C(=O)C2CCCCC2)[C@@H]1c1ccccc1. The molecule has 1 saturated heterocycles. The van der Waals surface area contributed by atoms with Crippen molar-refractivity contribution in [2.24, 2.45) is 17.3 Å². The first kappa shape index (κ1) is 29.9. The zero-order valence-corrected chi connectivity index (χ0v) is 23.4. The van der Waals surface area contributed by atoms with Crippen molar-refractivity contribution in [2.75, 3.05) is 7.11 Å². The Labute approximate surface area is 233 Å². The second-order valence-corrected chi connectivity index (χ2v) is 11.9. The highest BCUT2D eigenvalue weighted by Gasteiger charge is 2.59. The zero-order chi connectivity index (χ0) is 29.2.